The van der Waals surface area contributed by atoms with Gasteiger partial charge in [-0.2, -0.15) is 0 Å². The largest absolute Gasteiger partial charge is 0.505 e. The molecule has 3 heteroatoms. The van der Waals surface area contributed by atoms with Crippen molar-refractivity contribution in [1.82, 2.24) is 0 Å². The maximum absolute atomic E-state index is 10.0. The third kappa shape index (κ3) is 2.54. The molecule has 0 aromatic heterocycles. The third-order valence-corrected chi connectivity index (χ3v) is 1.30. The molecule has 0 aliphatic rings. The Morgan fingerprint density at radius 1 is 1.11 bits per heavy atom. The highest BCUT2D eigenvalue weighted by Gasteiger charge is 1.99. The predicted octanol–water partition coefficient (Wildman–Crippen LogP) is 1.90. The van der Waals surface area contributed by atoms with Crippen LogP contribution in [0.2, 0.25) is 0 Å². The molecule has 1 aromatic rings. The summed E-state index contributed by atoms with van der Waals surface area (Å²) in [6.07, 6.45) is 0. The van der Waals surface area contributed by atoms with Gasteiger partial charge in [0.05, 0.1) is 0 Å². The molecule has 0 saturated heterocycles. The molecule has 0 atom stereocenters. The summed E-state index contributed by atoms with van der Waals surface area (Å²) in [5.74, 6) is 0. The fourth-order valence-corrected chi connectivity index (χ4v) is 0.744. The number of rotatable bonds is 1. The van der Waals surface area contributed by atoms with Crippen LogP contribution in [0, 0.1) is 0 Å². The first-order valence-corrected chi connectivity index (χ1v) is 3.02. The van der Waals surface area contributed by atoms with Crippen LogP contribution in [0.3, 0.4) is 0 Å². The van der Waals surface area contributed by atoms with Crippen LogP contribution in [0.4, 0.5) is 0 Å². The summed E-state index contributed by atoms with van der Waals surface area (Å²) in [6, 6.07) is 9.16. The first kappa shape index (κ1) is 8.53. The molecule has 0 radical (unpaired) electrons. The number of hydrogen-bond donors (Lipinski definition) is 0. The van der Waals surface area contributed by atoms with Gasteiger partial charge in [-0.05, 0) is 0 Å². The zero-order valence-corrected chi connectivity index (χ0v) is 6.24. The Bertz CT molecular complexity index is 176. The Labute approximate surface area is 64.0 Å². The van der Waals surface area contributed by atoms with E-state index < -0.39 is 0 Å². The van der Waals surface area contributed by atoms with E-state index in [1.807, 2.05) is 18.2 Å². The van der Waals surface area contributed by atoms with Gasteiger partial charge in [0.25, 0.3) is 4.90 Å². The summed E-state index contributed by atoms with van der Waals surface area (Å²) in [5, 5.41) is 0. The van der Waals surface area contributed by atoms with E-state index in [2.05, 4.69) is 0 Å². The molecule has 0 fully saturated rings. The summed E-state index contributed by atoms with van der Waals surface area (Å²) in [5.41, 5.74) is 0. The van der Waals surface area contributed by atoms with Crippen LogP contribution in [0.25, 0.3) is 0 Å². The smallest absolute Gasteiger partial charge is 0.147 e. The van der Waals surface area contributed by atoms with Crippen molar-refractivity contribution in [2.75, 3.05) is 0 Å². The average Bonchev–Trinajstić information content (AvgIpc) is 1.90. The van der Waals surface area contributed by atoms with Crippen LogP contribution in [0.1, 0.15) is 0 Å². The fourth-order valence-electron chi connectivity index (χ4n) is 0.476. The second-order valence-electron chi connectivity index (χ2n) is 1.40. The molecule has 1 aromatic carbocycles. The minimum absolute atomic E-state index is 0. The molecule has 0 aliphatic heterocycles. The van der Waals surface area contributed by atoms with Crippen molar-refractivity contribution in [1.29, 1.82) is 0 Å². The van der Waals surface area contributed by atoms with Gasteiger partial charge in [-0.25, -0.2) is 0 Å². The first-order valence-electron chi connectivity index (χ1n) is 2.28. The van der Waals surface area contributed by atoms with E-state index in [0.717, 1.165) is 4.90 Å². The molecule has 0 unspecified atom stereocenters. The van der Waals surface area contributed by atoms with E-state index in [0.29, 0.717) is 11.7 Å². The lowest BCUT2D eigenvalue weighted by Crippen LogP contribution is -1.66. The van der Waals surface area contributed by atoms with Gasteiger partial charge in [-0.15, -0.1) is 12.4 Å². The molecule has 0 saturated carbocycles. The van der Waals surface area contributed by atoms with Crippen molar-refractivity contribution >= 4 is 24.1 Å². The number of halogens is 1. The lowest BCUT2D eigenvalue weighted by Gasteiger charge is -1.70. The summed E-state index contributed by atoms with van der Waals surface area (Å²) in [4.78, 5) is 0.771. The maximum atomic E-state index is 10.0. The molecular formula is C6H6ClOS+. The molecule has 0 N–H and O–H groups in total. The van der Waals surface area contributed by atoms with Gasteiger partial charge in [0.1, 0.15) is 0 Å². The molecule has 0 amide bonds. The van der Waals surface area contributed by atoms with Crippen LogP contribution >= 0.6 is 12.4 Å². The standard InChI is InChI=1S/C6H5OS.ClH/c7-8-6-4-2-1-3-5-6;/h1-5H;1H/q+1;. The second-order valence-corrected chi connectivity index (χ2v) is 2.03. The predicted molar refractivity (Wildman–Crippen MR) is 40.0 cm³/mol. The quantitative estimate of drug-likeness (QED) is 0.575. The molecule has 0 bridgehead atoms. The van der Waals surface area contributed by atoms with Crippen LogP contribution in [-0.4, -0.2) is 0 Å². The van der Waals surface area contributed by atoms with Crippen LogP contribution in [-0.2, 0) is 15.9 Å². The molecule has 9 heavy (non-hydrogen) atoms. The van der Waals surface area contributed by atoms with Crippen LogP contribution < -0.4 is 0 Å². The van der Waals surface area contributed by atoms with Gasteiger partial charge < -0.3 is 0 Å². The van der Waals surface area contributed by atoms with Crippen molar-refractivity contribution in [3.63, 3.8) is 0 Å². The van der Waals surface area contributed by atoms with Crippen LogP contribution in [0.5, 0.6) is 0 Å². The van der Waals surface area contributed by atoms with Gasteiger partial charge in [0, 0.05) is 16.3 Å². The van der Waals surface area contributed by atoms with Gasteiger partial charge >= 0.3 is 11.7 Å². The second kappa shape index (κ2) is 4.41. The topological polar surface area (TPSA) is 17.1 Å². The Hall–Kier alpha value is -0.470. The zero-order valence-electron chi connectivity index (χ0n) is 4.61. The van der Waals surface area contributed by atoms with E-state index >= 15 is 0 Å². The molecule has 1 rings (SSSR count). The van der Waals surface area contributed by atoms with E-state index in [1.165, 1.54) is 0 Å². The van der Waals surface area contributed by atoms with E-state index in [9.17, 15) is 4.21 Å². The molecule has 48 valence electrons. The van der Waals surface area contributed by atoms with E-state index in [-0.39, 0.29) is 12.4 Å². The molecule has 1 nitrogen and oxygen atoms in total. The Kier molecular flexibility index (Phi) is 4.18. The van der Waals surface area contributed by atoms with Gasteiger partial charge in [-0.1, -0.05) is 18.2 Å². The Balaban J connectivity index is 0.000000640. The Morgan fingerprint density at radius 2 is 1.67 bits per heavy atom. The summed E-state index contributed by atoms with van der Waals surface area (Å²) in [7, 11) is 0. The van der Waals surface area contributed by atoms with Crippen molar-refractivity contribution in [3.05, 3.63) is 30.3 Å². The SMILES string of the molecule is Cl.O=[S+]c1ccccc1. The number of benzene rings is 1. The van der Waals surface area contributed by atoms with E-state index in [1.54, 1.807) is 12.1 Å². The van der Waals surface area contributed by atoms with Gasteiger partial charge in [-0.3, -0.25) is 0 Å². The lowest BCUT2D eigenvalue weighted by atomic mass is 10.4. The normalized spacial score (nSPS) is 7.56. The fraction of sp³-hybridized carbons (Fsp3) is 0. The average molecular weight is 162 g/mol. The van der Waals surface area contributed by atoms with E-state index in [4.69, 9.17) is 0 Å². The highest BCUT2D eigenvalue weighted by Crippen LogP contribution is 1.95. The summed E-state index contributed by atoms with van der Waals surface area (Å²) < 4.78 is 10.0. The summed E-state index contributed by atoms with van der Waals surface area (Å²) in [6.45, 7) is 0. The highest BCUT2D eigenvalue weighted by molar-refractivity contribution is 7.65. The Morgan fingerprint density at radius 3 is 2.00 bits per heavy atom. The zero-order chi connectivity index (χ0) is 5.82. The van der Waals surface area contributed by atoms with Crippen LogP contribution in [0.15, 0.2) is 35.2 Å². The summed E-state index contributed by atoms with van der Waals surface area (Å²) >= 11 is 0.519. The lowest BCUT2D eigenvalue weighted by molar-refractivity contribution is 0.605. The minimum atomic E-state index is 0. The van der Waals surface area contributed by atoms with Crippen molar-refractivity contribution in [2.45, 2.75) is 4.90 Å². The minimum Gasteiger partial charge on any atom is -0.147 e. The molecule has 0 heterocycles. The maximum Gasteiger partial charge on any atom is 0.505 e. The highest BCUT2D eigenvalue weighted by atomic mass is 35.5. The van der Waals surface area contributed by atoms with Crippen molar-refractivity contribution in [2.24, 2.45) is 0 Å². The third-order valence-electron chi connectivity index (χ3n) is 0.839. The molecule has 0 spiro atoms. The molecular weight excluding hydrogens is 156 g/mol. The number of hydrogen-bond acceptors (Lipinski definition) is 1. The molecule has 0 aliphatic carbocycles. The monoisotopic (exact) mass is 161 g/mol. The first-order chi connectivity index (χ1) is 3.93. The van der Waals surface area contributed by atoms with Gasteiger partial charge in [0.2, 0.25) is 0 Å². The van der Waals surface area contributed by atoms with Crippen molar-refractivity contribution in [3.8, 4) is 0 Å². The van der Waals surface area contributed by atoms with Gasteiger partial charge in [0.15, 0.2) is 0 Å². The van der Waals surface area contributed by atoms with Crippen molar-refractivity contribution < 1.29 is 4.21 Å².